The van der Waals surface area contributed by atoms with Crippen molar-refractivity contribution in [3.05, 3.63) is 90.6 Å². The molecule has 0 aliphatic carbocycles. The second-order valence-electron chi connectivity index (χ2n) is 7.13. The minimum Gasteiger partial charge on any atom is -0.457 e. The first-order valence-corrected chi connectivity index (χ1v) is 9.89. The standard InChI is InChI=1S/C25H20N4O2/c26-25-22-21(16-10-12-19(13-11-16)31-18-7-2-1-3-8-18)14-27-23(24(22)28-29-25)20-9-5-4-6-17(20)15-30/h1-14,30H,15H2,(H3,26,28,29). The predicted molar refractivity (Wildman–Crippen MR) is 122 cm³/mol. The van der Waals surface area contributed by atoms with E-state index in [1.54, 1.807) is 6.20 Å². The fraction of sp³-hybridized carbons (Fsp3) is 0.0400. The van der Waals surface area contributed by atoms with Crippen LogP contribution in [0.2, 0.25) is 0 Å². The molecule has 31 heavy (non-hydrogen) atoms. The van der Waals surface area contributed by atoms with Gasteiger partial charge in [0.15, 0.2) is 5.82 Å². The minimum atomic E-state index is -0.0758. The van der Waals surface area contributed by atoms with Crippen LogP contribution in [0.15, 0.2) is 85.1 Å². The first kappa shape index (κ1) is 18.8. The molecule has 152 valence electrons. The van der Waals surface area contributed by atoms with Crippen LogP contribution in [0.4, 0.5) is 5.82 Å². The van der Waals surface area contributed by atoms with Gasteiger partial charge in [0.1, 0.15) is 11.5 Å². The third kappa shape index (κ3) is 3.49. The Morgan fingerprint density at radius 3 is 2.32 bits per heavy atom. The second kappa shape index (κ2) is 7.93. The Morgan fingerprint density at radius 2 is 1.55 bits per heavy atom. The third-order valence-electron chi connectivity index (χ3n) is 5.21. The minimum absolute atomic E-state index is 0.0758. The number of nitrogens with one attached hydrogen (secondary N) is 1. The molecule has 0 aliphatic rings. The second-order valence-corrected chi connectivity index (χ2v) is 7.13. The Labute approximate surface area is 179 Å². The molecule has 0 fully saturated rings. The van der Waals surface area contributed by atoms with Gasteiger partial charge in [-0.2, -0.15) is 5.10 Å². The van der Waals surface area contributed by atoms with Crippen molar-refractivity contribution in [1.82, 2.24) is 15.2 Å². The molecular formula is C25H20N4O2. The van der Waals surface area contributed by atoms with Gasteiger partial charge in [-0.3, -0.25) is 10.1 Å². The Balaban J connectivity index is 1.56. The van der Waals surface area contributed by atoms with Gasteiger partial charge in [0, 0.05) is 17.3 Å². The molecule has 6 nitrogen and oxygen atoms in total. The van der Waals surface area contributed by atoms with Crippen LogP contribution >= 0.6 is 0 Å². The summed E-state index contributed by atoms with van der Waals surface area (Å²) in [7, 11) is 0. The number of nitrogen functional groups attached to an aromatic ring is 1. The van der Waals surface area contributed by atoms with Crippen LogP contribution in [-0.2, 0) is 6.61 Å². The Kier molecular flexibility index (Phi) is 4.82. The summed E-state index contributed by atoms with van der Waals surface area (Å²) in [4.78, 5) is 4.70. The average Bonchev–Trinajstić information content (AvgIpc) is 3.21. The molecule has 6 heteroatoms. The zero-order valence-corrected chi connectivity index (χ0v) is 16.6. The zero-order valence-electron chi connectivity index (χ0n) is 16.6. The lowest BCUT2D eigenvalue weighted by molar-refractivity contribution is 0.282. The molecule has 0 amide bonds. The first-order chi connectivity index (χ1) is 15.2. The maximum Gasteiger partial charge on any atom is 0.153 e. The number of para-hydroxylation sites is 1. The van der Waals surface area contributed by atoms with Crippen LogP contribution in [0.5, 0.6) is 11.5 Å². The van der Waals surface area contributed by atoms with Crippen molar-refractivity contribution in [1.29, 1.82) is 0 Å². The van der Waals surface area contributed by atoms with E-state index in [2.05, 4.69) is 10.2 Å². The zero-order chi connectivity index (χ0) is 21.2. The monoisotopic (exact) mass is 408 g/mol. The number of anilines is 1. The number of aromatic nitrogens is 3. The number of hydrogen-bond acceptors (Lipinski definition) is 5. The van der Waals surface area contributed by atoms with Crippen molar-refractivity contribution in [2.24, 2.45) is 0 Å². The van der Waals surface area contributed by atoms with Crippen LogP contribution in [-0.4, -0.2) is 20.3 Å². The summed E-state index contributed by atoms with van der Waals surface area (Å²) in [6.07, 6.45) is 1.80. The summed E-state index contributed by atoms with van der Waals surface area (Å²) in [6, 6.07) is 25.0. The van der Waals surface area contributed by atoms with Crippen LogP contribution in [0, 0.1) is 0 Å². The molecule has 5 aromatic rings. The van der Waals surface area contributed by atoms with Gasteiger partial charge in [-0.05, 0) is 35.4 Å². The lowest BCUT2D eigenvalue weighted by Gasteiger charge is -2.11. The number of ether oxygens (including phenoxy) is 1. The molecule has 0 unspecified atom stereocenters. The number of nitrogens with zero attached hydrogens (tertiary/aromatic N) is 2. The van der Waals surface area contributed by atoms with Crippen molar-refractivity contribution in [2.45, 2.75) is 6.61 Å². The van der Waals surface area contributed by atoms with Crippen molar-refractivity contribution < 1.29 is 9.84 Å². The molecule has 5 rings (SSSR count). The van der Waals surface area contributed by atoms with E-state index in [0.717, 1.165) is 44.7 Å². The SMILES string of the molecule is Nc1n[nH]c2c(-c3ccccc3CO)ncc(-c3ccc(Oc4ccccc4)cc3)c12. The number of pyridine rings is 1. The molecule has 0 radical (unpaired) electrons. The molecule has 2 heterocycles. The van der Waals surface area contributed by atoms with Crippen molar-refractivity contribution in [3.8, 4) is 33.9 Å². The van der Waals surface area contributed by atoms with E-state index < -0.39 is 0 Å². The predicted octanol–water partition coefficient (Wildman–Crippen LogP) is 5.16. The average molecular weight is 408 g/mol. The summed E-state index contributed by atoms with van der Waals surface area (Å²) in [5, 5.41) is 17.8. The van der Waals surface area contributed by atoms with Gasteiger partial charge in [0.25, 0.3) is 0 Å². The molecule has 3 aromatic carbocycles. The number of H-pyrrole nitrogens is 1. The number of rotatable bonds is 5. The molecule has 0 atom stereocenters. The van der Waals surface area contributed by atoms with Gasteiger partial charge in [-0.25, -0.2) is 0 Å². The quantitative estimate of drug-likeness (QED) is 0.373. The molecule has 2 aromatic heterocycles. The van der Waals surface area contributed by atoms with E-state index in [1.807, 2.05) is 78.9 Å². The Hall–Kier alpha value is -4.16. The van der Waals surface area contributed by atoms with Gasteiger partial charge < -0.3 is 15.6 Å². The summed E-state index contributed by atoms with van der Waals surface area (Å²) < 4.78 is 5.89. The molecule has 0 bridgehead atoms. The van der Waals surface area contributed by atoms with Gasteiger partial charge in [0.2, 0.25) is 0 Å². The van der Waals surface area contributed by atoms with E-state index in [4.69, 9.17) is 15.5 Å². The van der Waals surface area contributed by atoms with E-state index in [0.29, 0.717) is 11.5 Å². The highest BCUT2D eigenvalue weighted by molar-refractivity contribution is 6.06. The van der Waals surface area contributed by atoms with E-state index in [9.17, 15) is 5.11 Å². The lowest BCUT2D eigenvalue weighted by Crippen LogP contribution is -1.94. The molecule has 0 saturated carbocycles. The number of nitrogens with two attached hydrogens (primary N) is 1. The van der Waals surface area contributed by atoms with E-state index >= 15 is 0 Å². The number of aromatic amines is 1. The van der Waals surface area contributed by atoms with Crippen molar-refractivity contribution in [3.63, 3.8) is 0 Å². The van der Waals surface area contributed by atoms with Crippen LogP contribution in [0.1, 0.15) is 5.56 Å². The highest BCUT2D eigenvalue weighted by atomic mass is 16.5. The maximum atomic E-state index is 9.73. The van der Waals surface area contributed by atoms with Crippen LogP contribution in [0.3, 0.4) is 0 Å². The number of hydrogen-bond donors (Lipinski definition) is 3. The topological polar surface area (TPSA) is 97.0 Å². The number of benzene rings is 3. The van der Waals surface area contributed by atoms with E-state index in [-0.39, 0.29) is 6.61 Å². The fourth-order valence-electron chi connectivity index (χ4n) is 3.70. The summed E-state index contributed by atoms with van der Waals surface area (Å²) in [6.45, 7) is -0.0758. The molecular weight excluding hydrogens is 388 g/mol. The summed E-state index contributed by atoms with van der Waals surface area (Å²) in [5.41, 5.74) is 11.1. The smallest absolute Gasteiger partial charge is 0.153 e. The summed E-state index contributed by atoms with van der Waals surface area (Å²) in [5.74, 6) is 1.93. The summed E-state index contributed by atoms with van der Waals surface area (Å²) >= 11 is 0. The lowest BCUT2D eigenvalue weighted by atomic mass is 9.98. The normalized spacial score (nSPS) is 11.0. The van der Waals surface area contributed by atoms with Gasteiger partial charge in [-0.15, -0.1) is 0 Å². The fourth-order valence-corrected chi connectivity index (χ4v) is 3.70. The molecule has 0 spiro atoms. The first-order valence-electron chi connectivity index (χ1n) is 9.89. The van der Waals surface area contributed by atoms with Crippen LogP contribution in [0.25, 0.3) is 33.3 Å². The van der Waals surface area contributed by atoms with Gasteiger partial charge in [-0.1, -0.05) is 54.6 Å². The molecule has 0 aliphatic heterocycles. The van der Waals surface area contributed by atoms with Crippen molar-refractivity contribution >= 4 is 16.7 Å². The highest BCUT2D eigenvalue weighted by Crippen LogP contribution is 2.37. The number of aliphatic hydroxyl groups excluding tert-OH is 1. The van der Waals surface area contributed by atoms with E-state index in [1.165, 1.54) is 0 Å². The third-order valence-corrected chi connectivity index (χ3v) is 5.21. The number of aliphatic hydroxyl groups is 1. The van der Waals surface area contributed by atoms with Crippen molar-refractivity contribution in [2.75, 3.05) is 5.73 Å². The van der Waals surface area contributed by atoms with Crippen LogP contribution < -0.4 is 10.5 Å². The Bertz CT molecular complexity index is 1350. The molecule has 4 N–H and O–H groups in total. The van der Waals surface area contributed by atoms with Gasteiger partial charge in [0.05, 0.1) is 23.2 Å². The highest BCUT2D eigenvalue weighted by Gasteiger charge is 2.17. The largest absolute Gasteiger partial charge is 0.457 e. The Morgan fingerprint density at radius 1 is 0.839 bits per heavy atom. The number of fused-ring (bicyclic) bond motifs is 1. The maximum absolute atomic E-state index is 9.73. The molecule has 0 saturated heterocycles. The van der Waals surface area contributed by atoms with Gasteiger partial charge >= 0.3 is 0 Å².